The van der Waals surface area contributed by atoms with Gasteiger partial charge in [-0.1, -0.05) is 38.8 Å². The third-order valence-corrected chi connectivity index (χ3v) is 4.57. The van der Waals surface area contributed by atoms with E-state index in [-0.39, 0.29) is 5.16 Å². The molecule has 0 amide bonds. The third-order valence-electron chi connectivity index (χ3n) is 2.50. The van der Waals surface area contributed by atoms with Gasteiger partial charge in [-0.25, -0.2) is 8.42 Å². The lowest BCUT2D eigenvalue weighted by atomic mass is 10.2. The van der Waals surface area contributed by atoms with Gasteiger partial charge in [-0.15, -0.1) is 10.2 Å². The lowest BCUT2D eigenvalue weighted by Gasteiger charge is -2.08. The van der Waals surface area contributed by atoms with Crippen LogP contribution in [0.2, 0.25) is 0 Å². The summed E-state index contributed by atoms with van der Waals surface area (Å²) in [6.45, 7) is 2.40. The van der Waals surface area contributed by atoms with E-state index in [1.165, 1.54) is 4.57 Å². The normalized spacial score (nSPS) is 11.8. The van der Waals surface area contributed by atoms with Crippen molar-refractivity contribution >= 4 is 51.6 Å². The molecule has 0 saturated carbocycles. The summed E-state index contributed by atoms with van der Waals surface area (Å²) in [7, 11) is 1.47. The van der Waals surface area contributed by atoms with E-state index in [9.17, 15) is 8.42 Å². The average molecular weight is 444 g/mol. The minimum Gasteiger partial charge on any atom is -0.297 e. The molecule has 0 atom stereocenters. The second-order valence-electron chi connectivity index (χ2n) is 4.05. The molecular formula is C11H10Br2ClN3O2S. The Labute approximate surface area is 138 Å². The number of nitrogens with zero attached hydrogens (tertiary/aromatic N) is 3. The molecular weight excluding hydrogens is 433 g/mol. The maximum absolute atomic E-state index is 11.5. The summed E-state index contributed by atoms with van der Waals surface area (Å²) in [5, 5.41) is 7.44. The smallest absolute Gasteiger partial charge is 0.296 e. The highest BCUT2D eigenvalue weighted by molar-refractivity contribution is 9.11. The van der Waals surface area contributed by atoms with Gasteiger partial charge in [0.25, 0.3) is 14.2 Å². The fraction of sp³-hybridized carbons (Fsp3) is 0.273. The van der Waals surface area contributed by atoms with Crippen LogP contribution in [0.5, 0.6) is 0 Å². The molecule has 0 saturated heterocycles. The van der Waals surface area contributed by atoms with Crippen LogP contribution >= 0.6 is 42.5 Å². The topological polar surface area (TPSA) is 64.8 Å². The molecule has 0 spiro atoms. The van der Waals surface area contributed by atoms with Gasteiger partial charge in [-0.05, 0) is 24.6 Å². The Kier molecular flexibility index (Phi) is 4.88. The maximum Gasteiger partial charge on any atom is 0.296 e. The number of halogens is 3. The van der Waals surface area contributed by atoms with Crippen molar-refractivity contribution < 1.29 is 8.42 Å². The van der Waals surface area contributed by atoms with Gasteiger partial charge >= 0.3 is 0 Å². The highest BCUT2D eigenvalue weighted by atomic mass is 79.9. The van der Waals surface area contributed by atoms with E-state index in [0.29, 0.717) is 12.4 Å². The molecule has 108 valence electrons. The van der Waals surface area contributed by atoms with E-state index < -0.39 is 9.05 Å². The average Bonchev–Trinajstić information content (AvgIpc) is 2.71. The summed E-state index contributed by atoms with van der Waals surface area (Å²) in [5.41, 5.74) is 0.749. The van der Waals surface area contributed by atoms with Crippen LogP contribution in [0.25, 0.3) is 11.4 Å². The van der Waals surface area contributed by atoms with E-state index >= 15 is 0 Å². The summed E-state index contributed by atoms with van der Waals surface area (Å²) >= 11 is 6.78. The van der Waals surface area contributed by atoms with Crippen LogP contribution < -0.4 is 0 Å². The lowest BCUT2D eigenvalue weighted by molar-refractivity contribution is 0.570. The van der Waals surface area contributed by atoms with Gasteiger partial charge in [0.1, 0.15) is 0 Å². The standard InChI is InChI=1S/C11H10Br2ClN3O2S/c1-2-3-17-10(15-16-11(17)20(14,18)19)7-4-8(12)6-9(13)5-7/h4-6H,2-3H2,1H3. The highest BCUT2D eigenvalue weighted by Crippen LogP contribution is 2.28. The molecule has 0 aliphatic heterocycles. The zero-order chi connectivity index (χ0) is 14.9. The molecule has 9 heteroatoms. The largest absolute Gasteiger partial charge is 0.297 e. The van der Waals surface area contributed by atoms with Crippen molar-refractivity contribution in [1.29, 1.82) is 0 Å². The van der Waals surface area contributed by atoms with Crippen LogP contribution in [0.3, 0.4) is 0 Å². The Morgan fingerprint density at radius 2 is 1.80 bits per heavy atom. The Morgan fingerprint density at radius 1 is 1.20 bits per heavy atom. The van der Waals surface area contributed by atoms with Crippen molar-refractivity contribution in [3.63, 3.8) is 0 Å². The van der Waals surface area contributed by atoms with E-state index in [4.69, 9.17) is 10.7 Å². The molecule has 2 aromatic rings. The molecule has 1 aromatic heterocycles. The van der Waals surface area contributed by atoms with Gasteiger partial charge in [0.2, 0.25) is 0 Å². The van der Waals surface area contributed by atoms with E-state index in [0.717, 1.165) is 20.9 Å². The first kappa shape index (κ1) is 15.9. The monoisotopic (exact) mass is 441 g/mol. The van der Waals surface area contributed by atoms with Gasteiger partial charge in [0, 0.05) is 31.7 Å². The summed E-state index contributed by atoms with van der Waals surface area (Å²) < 4.78 is 26.3. The molecule has 0 bridgehead atoms. The summed E-state index contributed by atoms with van der Waals surface area (Å²) in [5.74, 6) is 0.466. The number of aromatic nitrogens is 3. The Balaban J connectivity index is 2.65. The lowest BCUT2D eigenvalue weighted by Crippen LogP contribution is -2.07. The van der Waals surface area contributed by atoms with E-state index in [1.54, 1.807) is 0 Å². The van der Waals surface area contributed by atoms with Crippen LogP contribution in [0.1, 0.15) is 13.3 Å². The SMILES string of the molecule is CCCn1c(-c2cc(Br)cc(Br)c2)nnc1S(=O)(=O)Cl. The van der Waals surface area contributed by atoms with Crippen LogP contribution in [0.4, 0.5) is 0 Å². The molecule has 1 heterocycles. The molecule has 0 N–H and O–H groups in total. The van der Waals surface area contributed by atoms with Crippen LogP contribution in [-0.2, 0) is 15.6 Å². The molecule has 0 unspecified atom stereocenters. The predicted molar refractivity (Wildman–Crippen MR) is 84.2 cm³/mol. The second kappa shape index (κ2) is 6.13. The molecule has 2 rings (SSSR count). The highest BCUT2D eigenvalue weighted by Gasteiger charge is 2.23. The molecule has 0 aliphatic rings. The quantitative estimate of drug-likeness (QED) is 0.674. The van der Waals surface area contributed by atoms with Crippen molar-refractivity contribution in [2.24, 2.45) is 0 Å². The van der Waals surface area contributed by atoms with Crippen molar-refractivity contribution in [1.82, 2.24) is 14.8 Å². The minimum atomic E-state index is -3.92. The van der Waals surface area contributed by atoms with Gasteiger partial charge in [0.05, 0.1) is 0 Å². The molecule has 20 heavy (non-hydrogen) atoms. The summed E-state index contributed by atoms with van der Waals surface area (Å²) in [6, 6.07) is 5.56. The van der Waals surface area contributed by atoms with Gasteiger partial charge in [-0.2, -0.15) is 0 Å². The number of rotatable bonds is 4. The van der Waals surface area contributed by atoms with Crippen molar-refractivity contribution in [2.75, 3.05) is 0 Å². The van der Waals surface area contributed by atoms with Gasteiger partial charge in [0.15, 0.2) is 5.82 Å². The van der Waals surface area contributed by atoms with Crippen molar-refractivity contribution in [3.05, 3.63) is 27.1 Å². The summed E-state index contributed by atoms with van der Waals surface area (Å²) in [6.07, 6.45) is 0.736. The molecule has 1 aromatic carbocycles. The first-order chi connectivity index (χ1) is 9.32. The number of benzene rings is 1. The zero-order valence-electron chi connectivity index (χ0n) is 10.3. The third kappa shape index (κ3) is 3.41. The van der Waals surface area contributed by atoms with E-state index in [1.807, 2.05) is 25.1 Å². The number of hydrogen-bond acceptors (Lipinski definition) is 4. The molecule has 5 nitrogen and oxygen atoms in total. The fourth-order valence-electron chi connectivity index (χ4n) is 1.79. The predicted octanol–water partition coefficient (Wildman–Crippen LogP) is 3.81. The first-order valence-corrected chi connectivity index (χ1v) is 9.56. The van der Waals surface area contributed by atoms with Gasteiger partial charge in [-0.3, -0.25) is 4.57 Å². The minimum absolute atomic E-state index is 0.230. The Hall–Kier alpha value is -0.440. The van der Waals surface area contributed by atoms with Gasteiger partial charge < -0.3 is 0 Å². The zero-order valence-corrected chi connectivity index (χ0v) is 15.1. The van der Waals surface area contributed by atoms with Crippen molar-refractivity contribution in [3.8, 4) is 11.4 Å². The Morgan fingerprint density at radius 3 is 2.30 bits per heavy atom. The molecule has 0 aliphatic carbocycles. The van der Waals surface area contributed by atoms with E-state index in [2.05, 4.69) is 42.1 Å². The fourth-order valence-corrected chi connectivity index (χ4v) is 4.01. The second-order valence-corrected chi connectivity index (χ2v) is 8.34. The van der Waals surface area contributed by atoms with Crippen LogP contribution in [0, 0.1) is 0 Å². The molecule has 0 fully saturated rings. The number of hydrogen-bond donors (Lipinski definition) is 0. The maximum atomic E-state index is 11.5. The van der Waals surface area contributed by atoms with Crippen LogP contribution in [-0.4, -0.2) is 23.2 Å². The molecule has 0 radical (unpaired) electrons. The summed E-state index contributed by atoms with van der Waals surface area (Å²) in [4.78, 5) is 0. The Bertz CT molecular complexity index is 726. The first-order valence-electron chi connectivity index (χ1n) is 5.67. The van der Waals surface area contributed by atoms with Crippen molar-refractivity contribution in [2.45, 2.75) is 25.0 Å². The van der Waals surface area contributed by atoms with Crippen LogP contribution in [0.15, 0.2) is 32.3 Å².